The maximum absolute atomic E-state index is 11.2. The molecule has 0 amide bonds. The number of rotatable bonds is 3. The van der Waals surface area contributed by atoms with Crippen molar-refractivity contribution >= 4 is 26.7 Å². The van der Waals surface area contributed by atoms with Gasteiger partial charge in [0.1, 0.15) is 10.7 Å². The van der Waals surface area contributed by atoms with Gasteiger partial charge in [-0.3, -0.25) is 0 Å². The van der Waals surface area contributed by atoms with Crippen molar-refractivity contribution in [3.8, 4) is 11.4 Å². The molecular formula is C13H13N3O4S2. The van der Waals surface area contributed by atoms with Crippen LogP contribution in [0.1, 0.15) is 12.8 Å². The number of hydrogen-bond acceptors (Lipinski definition) is 7. The number of aromatic nitrogens is 2. The maximum atomic E-state index is 11.2. The van der Waals surface area contributed by atoms with Crippen molar-refractivity contribution < 1.29 is 17.7 Å². The molecule has 0 fully saturated rings. The first-order valence-electron chi connectivity index (χ1n) is 6.39. The summed E-state index contributed by atoms with van der Waals surface area (Å²) >= 11 is 1.60. The summed E-state index contributed by atoms with van der Waals surface area (Å²) in [6.07, 6.45) is 0. The molecule has 3 rings (SSSR count). The summed E-state index contributed by atoms with van der Waals surface area (Å²) in [5.41, 5.74) is 0.641. The molecular weight excluding hydrogens is 326 g/mol. The number of sulfonamides is 1. The summed E-state index contributed by atoms with van der Waals surface area (Å²) in [7, 11) is -3.71. The highest BCUT2D eigenvalue weighted by atomic mass is 32.2. The molecule has 2 heterocycles. The zero-order valence-electron chi connectivity index (χ0n) is 11.6. The first-order valence-corrected chi connectivity index (χ1v) is 8.92. The third-order valence-electron chi connectivity index (χ3n) is 3.03. The fourth-order valence-electron chi connectivity index (χ4n) is 1.94. The summed E-state index contributed by atoms with van der Waals surface area (Å²) in [4.78, 5) is 5.19. The molecule has 1 aromatic carbocycles. The Bertz CT molecular complexity index is 825. The molecule has 1 aromatic heterocycles. The molecule has 0 bridgehead atoms. The van der Waals surface area contributed by atoms with Gasteiger partial charge in [-0.05, 0) is 31.2 Å². The van der Waals surface area contributed by atoms with Gasteiger partial charge in [-0.1, -0.05) is 5.16 Å². The van der Waals surface area contributed by atoms with Gasteiger partial charge in [-0.2, -0.15) is 4.98 Å². The molecule has 0 unspecified atom stereocenters. The number of nitrogens with two attached hydrogens (primary N) is 1. The SMILES string of the molecule is CC1=C(c2nc(-c3ccc(S(N)(=O)=O)cc3)no2)SCCO1. The van der Waals surface area contributed by atoms with Crippen molar-refractivity contribution in [3.63, 3.8) is 0 Å². The normalized spacial score (nSPS) is 15.7. The van der Waals surface area contributed by atoms with Gasteiger partial charge in [-0.15, -0.1) is 11.8 Å². The van der Waals surface area contributed by atoms with Gasteiger partial charge in [0.05, 0.1) is 11.5 Å². The number of ether oxygens (including phenoxy) is 1. The van der Waals surface area contributed by atoms with E-state index >= 15 is 0 Å². The Labute approximate surface area is 131 Å². The van der Waals surface area contributed by atoms with Gasteiger partial charge in [0.15, 0.2) is 0 Å². The van der Waals surface area contributed by atoms with Gasteiger partial charge >= 0.3 is 0 Å². The van der Waals surface area contributed by atoms with Gasteiger partial charge in [0.25, 0.3) is 5.89 Å². The lowest BCUT2D eigenvalue weighted by Crippen LogP contribution is -2.11. The topological polar surface area (TPSA) is 108 Å². The smallest absolute Gasteiger partial charge is 0.268 e. The number of hydrogen-bond donors (Lipinski definition) is 1. The molecule has 2 aromatic rings. The van der Waals surface area contributed by atoms with Crippen LogP contribution in [-0.4, -0.2) is 30.9 Å². The second kappa shape index (κ2) is 5.75. The Hall–Kier alpha value is -1.84. The molecule has 1 aliphatic rings. The van der Waals surface area contributed by atoms with E-state index in [2.05, 4.69) is 10.1 Å². The lowest BCUT2D eigenvalue weighted by atomic mass is 10.2. The van der Waals surface area contributed by atoms with Crippen molar-refractivity contribution in [1.82, 2.24) is 10.1 Å². The highest BCUT2D eigenvalue weighted by Crippen LogP contribution is 2.34. The molecule has 1 aliphatic heterocycles. The maximum Gasteiger partial charge on any atom is 0.268 e. The number of thioether (sulfide) groups is 1. The molecule has 9 heteroatoms. The summed E-state index contributed by atoms with van der Waals surface area (Å²) in [5, 5.41) is 8.98. The van der Waals surface area contributed by atoms with E-state index in [1.807, 2.05) is 6.92 Å². The third-order valence-corrected chi connectivity index (χ3v) is 5.08. The monoisotopic (exact) mass is 339 g/mol. The van der Waals surface area contributed by atoms with E-state index in [1.54, 1.807) is 23.9 Å². The Kier molecular flexibility index (Phi) is 3.94. The van der Waals surface area contributed by atoms with Crippen LogP contribution >= 0.6 is 11.8 Å². The average molecular weight is 339 g/mol. The minimum absolute atomic E-state index is 0.0368. The van der Waals surface area contributed by atoms with E-state index < -0.39 is 10.0 Å². The average Bonchev–Trinajstić information content (AvgIpc) is 2.96. The van der Waals surface area contributed by atoms with Crippen LogP contribution in [0.4, 0.5) is 0 Å². The lowest BCUT2D eigenvalue weighted by molar-refractivity contribution is 0.233. The molecule has 0 saturated heterocycles. The van der Waals surface area contributed by atoms with Crippen LogP contribution in [0.5, 0.6) is 0 Å². The Morgan fingerprint density at radius 3 is 2.64 bits per heavy atom. The van der Waals surface area contributed by atoms with Crippen LogP contribution in [0.2, 0.25) is 0 Å². The molecule has 22 heavy (non-hydrogen) atoms. The van der Waals surface area contributed by atoms with E-state index in [1.165, 1.54) is 12.1 Å². The van der Waals surface area contributed by atoms with Crippen LogP contribution in [0, 0.1) is 0 Å². The summed E-state index contributed by atoms with van der Waals surface area (Å²) < 4.78 is 33.2. The van der Waals surface area contributed by atoms with Crippen molar-refractivity contribution in [2.45, 2.75) is 11.8 Å². The predicted molar refractivity (Wildman–Crippen MR) is 82.1 cm³/mol. The van der Waals surface area contributed by atoms with E-state index in [-0.39, 0.29) is 4.90 Å². The number of nitrogens with zero attached hydrogens (tertiary/aromatic N) is 2. The van der Waals surface area contributed by atoms with Crippen LogP contribution in [0.25, 0.3) is 16.3 Å². The molecule has 0 atom stereocenters. The first-order chi connectivity index (χ1) is 10.4. The summed E-state index contributed by atoms with van der Waals surface area (Å²) in [5.74, 6) is 2.36. The van der Waals surface area contributed by atoms with Crippen LogP contribution in [0.15, 0.2) is 39.4 Å². The van der Waals surface area contributed by atoms with Crippen molar-refractivity contribution in [3.05, 3.63) is 35.9 Å². The minimum Gasteiger partial charge on any atom is -0.496 e. The highest BCUT2D eigenvalue weighted by Gasteiger charge is 2.20. The summed E-state index contributed by atoms with van der Waals surface area (Å²) in [6, 6.07) is 5.98. The van der Waals surface area contributed by atoms with Crippen molar-refractivity contribution in [1.29, 1.82) is 0 Å². The summed E-state index contributed by atoms with van der Waals surface area (Å²) in [6.45, 7) is 2.52. The second-order valence-electron chi connectivity index (χ2n) is 4.57. The standard InChI is InChI=1S/C13H13N3O4S2/c1-8-11(21-7-6-19-8)13-15-12(16-20-13)9-2-4-10(5-3-9)22(14,17)18/h2-5H,6-7H2,1H3,(H2,14,17,18). The van der Waals surface area contributed by atoms with Gasteiger partial charge < -0.3 is 9.26 Å². The number of primary sulfonamides is 1. The van der Waals surface area contributed by atoms with E-state index in [4.69, 9.17) is 14.4 Å². The van der Waals surface area contributed by atoms with Gasteiger partial charge in [0.2, 0.25) is 15.8 Å². The molecule has 0 spiro atoms. The second-order valence-corrected chi connectivity index (χ2v) is 7.24. The third kappa shape index (κ3) is 3.01. The van der Waals surface area contributed by atoms with Crippen LogP contribution in [0.3, 0.4) is 0 Å². The number of allylic oxidation sites excluding steroid dienone is 1. The molecule has 7 nitrogen and oxygen atoms in total. The molecule has 2 N–H and O–H groups in total. The molecule has 0 saturated carbocycles. The predicted octanol–water partition coefficient (Wildman–Crippen LogP) is 1.84. The fourth-order valence-corrected chi connectivity index (χ4v) is 3.30. The minimum atomic E-state index is -3.71. The van der Waals surface area contributed by atoms with E-state index in [0.29, 0.717) is 23.9 Å². The molecule has 0 radical (unpaired) electrons. The van der Waals surface area contributed by atoms with Gasteiger partial charge in [0, 0.05) is 11.3 Å². The Morgan fingerprint density at radius 1 is 1.27 bits per heavy atom. The zero-order chi connectivity index (χ0) is 15.7. The van der Waals surface area contributed by atoms with Crippen LogP contribution < -0.4 is 5.14 Å². The molecule has 0 aliphatic carbocycles. The number of benzene rings is 1. The highest BCUT2D eigenvalue weighted by molar-refractivity contribution is 8.08. The fraction of sp³-hybridized carbons (Fsp3) is 0.231. The van der Waals surface area contributed by atoms with E-state index in [9.17, 15) is 8.42 Å². The lowest BCUT2D eigenvalue weighted by Gasteiger charge is -2.15. The quantitative estimate of drug-likeness (QED) is 0.908. The Morgan fingerprint density at radius 2 is 2.00 bits per heavy atom. The Balaban J connectivity index is 1.91. The molecule has 116 valence electrons. The largest absolute Gasteiger partial charge is 0.496 e. The van der Waals surface area contributed by atoms with Gasteiger partial charge in [-0.25, -0.2) is 13.6 Å². The first kappa shape index (κ1) is 15.1. The van der Waals surface area contributed by atoms with Crippen molar-refractivity contribution in [2.24, 2.45) is 5.14 Å². The van der Waals surface area contributed by atoms with E-state index in [0.717, 1.165) is 16.4 Å². The van der Waals surface area contributed by atoms with Crippen LogP contribution in [-0.2, 0) is 14.8 Å². The zero-order valence-corrected chi connectivity index (χ0v) is 13.3. The van der Waals surface area contributed by atoms with Crippen molar-refractivity contribution in [2.75, 3.05) is 12.4 Å².